The number of imidazole rings is 1. The number of halogens is 3. The molecule has 2 aromatic carbocycles. The molecule has 0 radical (unpaired) electrons. The number of nitrogens with zero attached hydrogens (tertiary/aromatic N) is 1. The van der Waals surface area contributed by atoms with E-state index >= 15 is 0 Å². The predicted octanol–water partition coefficient (Wildman–Crippen LogP) is 3.85. The van der Waals surface area contributed by atoms with Gasteiger partial charge in [-0.1, -0.05) is 6.07 Å². The van der Waals surface area contributed by atoms with Crippen molar-refractivity contribution in [1.82, 2.24) is 9.97 Å². The smallest absolute Gasteiger partial charge is 0.161 e. The number of rotatable bonds is 1. The van der Waals surface area contributed by atoms with Gasteiger partial charge in [0.25, 0.3) is 0 Å². The largest absolute Gasteiger partial charge is 0.397 e. The third-order valence-corrected chi connectivity index (χ3v) is 3.52. The fourth-order valence-corrected chi connectivity index (χ4v) is 2.24. The van der Waals surface area contributed by atoms with Gasteiger partial charge in [0.05, 0.1) is 16.7 Å². The minimum atomic E-state index is -0.923. The summed E-state index contributed by atoms with van der Waals surface area (Å²) in [4.78, 5) is 7.15. The molecule has 3 rings (SSSR count). The number of aromatic amines is 1. The summed E-state index contributed by atoms with van der Waals surface area (Å²) in [7, 11) is 0. The van der Waals surface area contributed by atoms with Crippen LogP contribution in [0.4, 0.5) is 14.5 Å². The van der Waals surface area contributed by atoms with Crippen LogP contribution in [0.3, 0.4) is 0 Å². The van der Waals surface area contributed by atoms with Crippen molar-refractivity contribution < 1.29 is 8.78 Å². The Hall–Kier alpha value is -1.95. The number of hydrogen-bond acceptors (Lipinski definition) is 2. The molecule has 0 unspecified atom stereocenters. The lowest BCUT2D eigenvalue weighted by atomic mass is 10.2. The molecule has 3 aromatic rings. The van der Waals surface area contributed by atoms with Gasteiger partial charge in [0.2, 0.25) is 0 Å². The molecule has 3 N–H and O–H groups in total. The first kappa shape index (κ1) is 12.1. The summed E-state index contributed by atoms with van der Waals surface area (Å²) in [6, 6.07) is 7.53. The van der Waals surface area contributed by atoms with E-state index in [9.17, 15) is 8.78 Å². The summed E-state index contributed by atoms with van der Waals surface area (Å²) >= 11 is 3.32. The number of anilines is 1. The topological polar surface area (TPSA) is 54.7 Å². The lowest BCUT2D eigenvalue weighted by Crippen LogP contribution is -1.92. The van der Waals surface area contributed by atoms with Crippen LogP contribution in [0.15, 0.2) is 34.8 Å². The highest BCUT2D eigenvalue weighted by atomic mass is 79.9. The summed E-state index contributed by atoms with van der Waals surface area (Å²) in [6.07, 6.45) is 0. The first-order valence-electron chi connectivity index (χ1n) is 5.45. The van der Waals surface area contributed by atoms with Gasteiger partial charge in [-0.2, -0.15) is 0 Å². The number of nitrogens with one attached hydrogen (secondary N) is 1. The quantitative estimate of drug-likeness (QED) is 0.668. The van der Waals surface area contributed by atoms with Crippen LogP contribution in [-0.4, -0.2) is 9.97 Å². The van der Waals surface area contributed by atoms with E-state index in [0.29, 0.717) is 28.1 Å². The van der Waals surface area contributed by atoms with Crippen LogP contribution in [0, 0.1) is 11.6 Å². The lowest BCUT2D eigenvalue weighted by molar-refractivity contribution is 0.510. The monoisotopic (exact) mass is 323 g/mol. The summed E-state index contributed by atoms with van der Waals surface area (Å²) < 4.78 is 27.0. The highest BCUT2D eigenvalue weighted by molar-refractivity contribution is 9.10. The van der Waals surface area contributed by atoms with E-state index in [1.165, 1.54) is 0 Å². The number of fused-ring (bicyclic) bond motifs is 1. The maximum atomic E-state index is 13.1. The van der Waals surface area contributed by atoms with Crippen LogP contribution in [0.5, 0.6) is 0 Å². The number of hydrogen-bond donors (Lipinski definition) is 2. The van der Waals surface area contributed by atoms with Gasteiger partial charge in [0.15, 0.2) is 11.6 Å². The number of H-pyrrole nitrogens is 1. The van der Waals surface area contributed by atoms with Crippen LogP contribution in [-0.2, 0) is 0 Å². The molecule has 6 heteroatoms. The van der Waals surface area contributed by atoms with Crippen molar-refractivity contribution in [1.29, 1.82) is 0 Å². The zero-order chi connectivity index (χ0) is 13.6. The lowest BCUT2D eigenvalue weighted by Gasteiger charge is -2.03. The second kappa shape index (κ2) is 4.31. The Kier molecular flexibility index (Phi) is 2.74. The van der Waals surface area contributed by atoms with E-state index in [-0.39, 0.29) is 0 Å². The molecule has 0 saturated carbocycles. The first-order chi connectivity index (χ1) is 9.06. The number of nitrogen functional groups attached to an aromatic ring is 1. The van der Waals surface area contributed by atoms with Crippen molar-refractivity contribution in [3.63, 3.8) is 0 Å². The van der Waals surface area contributed by atoms with E-state index < -0.39 is 11.6 Å². The molecule has 0 fully saturated rings. The fourth-order valence-electron chi connectivity index (χ4n) is 1.88. The molecule has 3 nitrogen and oxygen atoms in total. The minimum absolute atomic E-state index is 0.355. The molecular weight excluding hydrogens is 316 g/mol. The molecule has 96 valence electrons. The SMILES string of the molecule is Nc1c(Br)cccc1-c1nc2cc(F)c(F)cc2[nH]1. The Balaban J connectivity index is 2.23. The molecule has 0 aliphatic rings. The minimum Gasteiger partial charge on any atom is -0.397 e. The van der Waals surface area contributed by atoms with Gasteiger partial charge in [0, 0.05) is 22.2 Å². The standard InChI is InChI=1S/C13H8BrF2N3/c14-7-3-1-2-6(12(7)17)13-18-10-4-8(15)9(16)5-11(10)19-13/h1-5H,17H2,(H,18,19). The average molecular weight is 324 g/mol. The van der Waals surface area contributed by atoms with Gasteiger partial charge >= 0.3 is 0 Å². The van der Waals surface area contributed by atoms with Crippen LogP contribution in [0.25, 0.3) is 22.4 Å². The third kappa shape index (κ3) is 1.98. The van der Waals surface area contributed by atoms with Gasteiger partial charge in [-0.3, -0.25) is 0 Å². The molecule has 0 amide bonds. The molecule has 0 aliphatic carbocycles. The third-order valence-electron chi connectivity index (χ3n) is 2.83. The number of para-hydroxylation sites is 1. The van der Waals surface area contributed by atoms with Gasteiger partial charge < -0.3 is 10.7 Å². The Bertz CT molecular complexity index is 744. The van der Waals surface area contributed by atoms with Crippen LogP contribution < -0.4 is 5.73 Å². The molecule has 0 aliphatic heterocycles. The van der Waals surface area contributed by atoms with Crippen molar-refractivity contribution >= 4 is 32.7 Å². The Morgan fingerprint density at radius 1 is 1.16 bits per heavy atom. The van der Waals surface area contributed by atoms with Gasteiger partial charge in [-0.15, -0.1) is 0 Å². The van der Waals surface area contributed by atoms with Crippen molar-refractivity contribution in [2.24, 2.45) is 0 Å². The van der Waals surface area contributed by atoms with E-state index in [1.807, 2.05) is 6.07 Å². The highest BCUT2D eigenvalue weighted by Gasteiger charge is 2.12. The molecular formula is C13H8BrF2N3. The van der Waals surface area contributed by atoms with Gasteiger partial charge in [-0.05, 0) is 28.1 Å². The first-order valence-corrected chi connectivity index (χ1v) is 6.24. The molecule has 0 spiro atoms. The molecule has 1 aromatic heterocycles. The number of benzene rings is 2. The van der Waals surface area contributed by atoms with Gasteiger partial charge in [-0.25, -0.2) is 13.8 Å². The Labute approximate surface area is 115 Å². The zero-order valence-corrected chi connectivity index (χ0v) is 11.1. The number of aromatic nitrogens is 2. The summed E-state index contributed by atoms with van der Waals surface area (Å²) in [5.74, 6) is -1.36. The normalized spacial score (nSPS) is 11.1. The zero-order valence-electron chi connectivity index (χ0n) is 9.55. The van der Waals surface area contributed by atoms with E-state index in [4.69, 9.17) is 5.73 Å². The number of nitrogens with two attached hydrogens (primary N) is 1. The van der Waals surface area contributed by atoms with Crippen molar-refractivity contribution in [2.75, 3.05) is 5.73 Å². The summed E-state index contributed by atoms with van der Waals surface area (Å²) in [5, 5.41) is 0. The maximum Gasteiger partial charge on any atom is 0.161 e. The maximum absolute atomic E-state index is 13.1. The van der Waals surface area contributed by atoms with Crippen molar-refractivity contribution in [3.8, 4) is 11.4 Å². The highest BCUT2D eigenvalue weighted by Crippen LogP contribution is 2.31. The summed E-state index contributed by atoms with van der Waals surface area (Å²) in [6.45, 7) is 0. The molecule has 19 heavy (non-hydrogen) atoms. The molecule has 0 saturated heterocycles. The molecule has 1 heterocycles. The Morgan fingerprint density at radius 3 is 2.68 bits per heavy atom. The average Bonchev–Trinajstić information content (AvgIpc) is 2.76. The molecule has 0 bridgehead atoms. The summed E-state index contributed by atoms with van der Waals surface area (Å²) in [5.41, 5.74) is 7.91. The fraction of sp³-hybridized carbons (Fsp3) is 0. The van der Waals surface area contributed by atoms with E-state index in [2.05, 4.69) is 25.9 Å². The van der Waals surface area contributed by atoms with E-state index in [1.54, 1.807) is 12.1 Å². The van der Waals surface area contributed by atoms with Crippen molar-refractivity contribution in [2.45, 2.75) is 0 Å². The van der Waals surface area contributed by atoms with Crippen molar-refractivity contribution in [3.05, 3.63) is 46.4 Å². The predicted molar refractivity (Wildman–Crippen MR) is 73.6 cm³/mol. The van der Waals surface area contributed by atoms with Crippen LogP contribution in [0.1, 0.15) is 0 Å². The van der Waals surface area contributed by atoms with Gasteiger partial charge in [0.1, 0.15) is 5.82 Å². The molecule has 0 atom stereocenters. The van der Waals surface area contributed by atoms with Crippen LogP contribution in [0.2, 0.25) is 0 Å². The Morgan fingerprint density at radius 2 is 1.89 bits per heavy atom. The second-order valence-electron chi connectivity index (χ2n) is 4.07. The van der Waals surface area contributed by atoms with Crippen LogP contribution >= 0.6 is 15.9 Å². The van der Waals surface area contributed by atoms with E-state index in [0.717, 1.165) is 16.6 Å². The second-order valence-corrected chi connectivity index (χ2v) is 4.92.